The summed E-state index contributed by atoms with van der Waals surface area (Å²) >= 11 is 0. The number of nitriles is 1. The molecular formula is C11H9NO. The van der Waals surface area contributed by atoms with Crippen LogP contribution in [-0.4, -0.2) is 6.61 Å². The van der Waals surface area contributed by atoms with Gasteiger partial charge >= 0.3 is 0 Å². The zero-order chi connectivity index (χ0) is 9.10. The molecule has 64 valence electrons. The monoisotopic (exact) mass is 171 g/mol. The van der Waals surface area contributed by atoms with E-state index in [4.69, 9.17) is 10.00 Å². The first-order chi connectivity index (χ1) is 6.40. The van der Waals surface area contributed by atoms with Crippen LogP contribution in [0.3, 0.4) is 0 Å². The number of hydrogen-bond acceptors (Lipinski definition) is 2. The summed E-state index contributed by atoms with van der Waals surface area (Å²) in [6, 6.07) is 9.71. The highest BCUT2D eigenvalue weighted by atomic mass is 16.5. The number of benzene rings is 1. The molecule has 0 unspecified atom stereocenters. The van der Waals surface area contributed by atoms with E-state index in [2.05, 4.69) is 6.07 Å². The molecule has 0 spiro atoms. The van der Waals surface area contributed by atoms with Crippen LogP contribution in [0.1, 0.15) is 17.0 Å². The highest BCUT2D eigenvalue weighted by molar-refractivity contribution is 5.34. The summed E-state index contributed by atoms with van der Waals surface area (Å²) < 4.78 is 5.12. The topological polar surface area (TPSA) is 33.0 Å². The molecule has 2 rings (SSSR count). The number of nitrogens with zero attached hydrogens (tertiary/aromatic N) is 1. The molecule has 1 aromatic carbocycles. The lowest BCUT2D eigenvalue weighted by atomic mass is 10.00. The van der Waals surface area contributed by atoms with Crippen molar-refractivity contribution in [1.82, 2.24) is 0 Å². The first-order valence-corrected chi connectivity index (χ1v) is 4.18. The Bertz CT molecular complexity index is 359. The number of hydrogen-bond donors (Lipinski definition) is 0. The van der Waals surface area contributed by atoms with Gasteiger partial charge in [-0.25, -0.2) is 0 Å². The molecule has 0 saturated carbocycles. The van der Waals surface area contributed by atoms with Gasteiger partial charge in [0.15, 0.2) is 0 Å². The Kier molecular flexibility index (Phi) is 2.01. The third-order valence-electron chi connectivity index (χ3n) is 2.15. The molecule has 2 nitrogen and oxygen atoms in total. The predicted molar refractivity (Wildman–Crippen MR) is 49.0 cm³/mol. The van der Waals surface area contributed by atoms with Crippen molar-refractivity contribution in [3.8, 4) is 6.07 Å². The molecule has 0 amide bonds. The van der Waals surface area contributed by atoms with E-state index in [1.165, 1.54) is 5.56 Å². The van der Waals surface area contributed by atoms with Crippen LogP contribution in [0.25, 0.3) is 0 Å². The number of ether oxygens (including phenoxy) is 1. The van der Waals surface area contributed by atoms with E-state index in [0.29, 0.717) is 18.1 Å². The van der Waals surface area contributed by atoms with Crippen LogP contribution in [0, 0.1) is 11.3 Å². The molecule has 1 aliphatic rings. The normalized spacial score (nSPS) is 19.5. The Balaban J connectivity index is 2.23. The molecule has 1 aliphatic heterocycles. The fourth-order valence-electron chi connectivity index (χ4n) is 1.38. The van der Waals surface area contributed by atoms with Gasteiger partial charge in [-0.1, -0.05) is 12.1 Å². The van der Waals surface area contributed by atoms with E-state index < -0.39 is 0 Å². The second kappa shape index (κ2) is 3.32. The van der Waals surface area contributed by atoms with Crippen LogP contribution >= 0.6 is 0 Å². The summed E-state index contributed by atoms with van der Waals surface area (Å²) in [5.74, 6) is 0.354. The van der Waals surface area contributed by atoms with Gasteiger partial charge in [0.25, 0.3) is 0 Å². The van der Waals surface area contributed by atoms with Crippen molar-refractivity contribution in [2.75, 3.05) is 6.61 Å². The Morgan fingerprint density at radius 3 is 2.62 bits per heavy atom. The van der Waals surface area contributed by atoms with Crippen LogP contribution in [-0.2, 0) is 4.74 Å². The van der Waals surface area contributed by atoms with Crippen LogP contribution < -0.4 is 0 Å². The lowest BCUT2D eigenvalue weighted by molar-refractivity contribution is 0.269. The minimum absolute atomic E-state index is 0.354. The highest BCUT2D eigenvalue weighted by Crippen LogP contribution is 2.22. The Hall–Kier alpha value is -1.75. The SMILES string of the molecule is N#Cc1ccc([C@H]2C=COC2)cc1. The maximum absolute atomic E-state index is 8.61. The van der Waals surface area contributed by atoms with Crippen LogP contribution in [0.4, 0.5) is 0 Å². The maximum atomic E-state index is 8.61. The van der Waals surface area contributed by atoms with Gasteiger partial charge in [-0.05, 0) is 23.8 Å². The molecular weight excluding hydrogens is 162 g/mol. The molecule has 0 bridgehead atoms. The van der Waals surface area contributed by atoms with Crippen molar-refractivity contribution < 1.29 is 4.74 Å². The molecule has 0 radical (unpaired) electrons. The van der Waals surface area contributed by atoms with Gasteiger partial charge in [-0.15, -0.1) is 0 Å². The molecule has 1 atom stereocenters. The van der Waals surface area contributed by atoms with E-state index in [1.54, 1.807) is 6.26 Å². The van der Waals surface area contributed by atoms with Crippen LogP contribution in [0.2, 0.25) is 0 Å². The van der Waals surface area contributed by atoms with Gasteiger partial charge in [0.05, 0.1) is 24.5 Å². The second-order valence-electron chi connectivity index (χ2n) is 3.00. The summed E-state index contributed by atoms with van der Waals surface area (Å²) in [6.07, 6.45) is 3.75. The molecule has 0 aromatic heterocycles. The largest absolute Gasteiger partial charge is 0.501 e. The van der Waals surface area contributed by atoms with Crippen LogP contribution in [0.15, 0.2) is 36.6 Å². The molecule has 0 saturated heterocycles. The second-order valence-corrected chi connectivity index (χ2v) is 3.00. The lowest BCUT2D eigenvalue weighted by Crippen LogP contribution is -1.96. The Morgan fingerprint density at radius 2 is 2.08 bits per heavy atom. The number of rotatable bonds is 1. The van der Waals surface area contributed by atoms with Gasteiger partial charge < -0.3 is 4.74 Å². The summed E-state index contributed by atoms with van der Waals surface area (Å²) in [5, 5.41) is 8.61. The van der Waals surface area contributed by atoms with Gasteiger partial charge in [0.2, 0.25) is 0 Å². The minimum atomic E-state index is 0.354. The smallest absolute Gasteiger partial charge is 0.0991 e. The molecule has 1 heterocycles. The third kappa shape index (κ3) is 1.54. The highest BCUT2D eigenvalue weighted by Gasteiger charge is 2.12. The summed E-state index contributed by atoms with van der Waals surface area (Å²) in [7, 11) is 0. The summed E-state index contributed by atoms with van der Waals surface area (Å²) in [4.78, 5) is 0. The van der Waals surface area contributed by atoms with Crippen molar-refractivity contribution in [2.45, 2.75) is 5.92 Å². The summed E-state index contributed by atoms with van der Waals surface area (Å²) in [5.41, 5.74) is 1.90. The van der Waals surface area contributed by atoms with Crippen molar-refractivity contribution in [2.24, 2.45) is 0 Å². The molecule has 0 N–H and O–H groups in total. The van der Waals surface area contributed by atoms with Crippen LogP contribution in [0.5, 0.6) is 0 Å². The fraction of sp³-hybridized carbons (Fsp3) is 0.182. The van der Waals surface area contributed by atoms with E-state index in [1.807, 2.05) is 30.3 Å². The molecule has 2 heteroatoms. The molecule has 0 aliphatic carbocycles. The Labute approximate surface area is 77.1 Å². The van der Waals surface area contributed by atoms with Gasteiger partial charge in [0.1, 0.15) is 0 Å². The first-order valence-electron chi connectivity index (χ1n) is 4.18. The van der Waals surface area contributed by atoms with Crippen molar-refractivity contribution >= 4 is 0 Å². The lowest BCUT2D eigenvalue weighted by Gasteiger charge is -2.05. The predicted octanol–water partition coefficient (Wildman–Crippen LogP) is 2.19. The minimum Gasteiger partial charge on any atom is -0.501 e. The quantitative estimate of drug-likeness (QED) is 0.648. The third-order valence-corrected chi connectivity index (χ3v) is 2.15. The van der Waals surface area contributed by atoms with Gasteiger partial charge in [-0.3, -0.25) is 0 Å². The maximum Gasteiger partial charge on any atom is 0.0991 e. The van der Waals surface area contributed by atoms with Crippen molar-refractivity contribution in [3.63, 3.8) is 0 Å². The van der Waals surface area contributed by atoms with E-state index in [0.717, 1.165) is 0 Å². The average Bonchev–Trinajstić information content (AvgIpc) is 2.71. The van der Waals surface area contributed by atoms with Gasteiger partial charge in [-0.2, -0.15) is 5.26 Å². The van der Waals surface area contributed by atoms with Crippen molar-refractivity contribution in [1.29, 1.82) is 5.26 Å². The Morgan fingerprint density at radius 1 is 1.31 bits per heavy atom. The van der Waals surface area contributed by atoms with Gasteiger partial charge in [0, 0.05) is 5.92 Å². The average molecular weight is 171 g/mol. The molecule has 1 aromatic rings. The van der Waals surface area contributed by atoms with Crippen molar-refractivity contribution in [3.05, 3.63) is 47.7 Å². The van der Waals surface area contributed by atoms with E-state index in [9.17, 15) is 0 Å². The van der Waals surface area contributed by atoms with E-state index in [-0.39, 0.29) is 0 Å². The first kappa shape index (κ1) is 7.88. The fourth-order valence-corrected chi connectivity index (χ4v) is 1.38. The summed E-state index contributed by atoms with van der Waals surface area (Å²) in [6.45, 7) is 0.714. The van der Waals surface area contributed by atoms with E-state index >= 15 is 0 Å². The molecule has 13 heavy (non-hydrogen) atoms. The zero-order valence-corrected chi connectivity index (χ0v) is 7.10. The zero-order valence-electron chi connectivity index (χ0n) is 7.10. The molecule has 0 fully saturated rings. The standard InChI is InChI=1S/C11H9NO/c12-7-9-1-3-10(4-2-9)11-5-6-13-8-11/h1-6,11H,8H2/t11-/m0/s1.